The zero-order valence-electron chi connectivity index (χ0n) is 20.3. The number of halogens is 1. The lowest BCUT2D eigenvalue weighted by Gasteiger charge is -2.04. The van der Waals surface area contributed by atoms with Gasteiger partial charge in [-0.2, -0.15) is 0 Å². The second kappa shape index (κ2) is 27.9. The SMILES string of the molecule is CCCCCCCCCCCCCCCCCCCCCCCCCCC[CH]F. The average molecular weight is 412 g/mol. The highest BCUT2D eigenvalue weighted by Crippen LogP contribution is 2.16. The zero-order valence-corrected chi connectivity index (χ0v) is 20.3. The summed E-state index contributed by atoms with van der Waals surface area (Å²) in [6.45, 7) is 3.10. The van der Waals surface area contributed by atoms with Crippen molar-refractivity contribution >= 4 is 0 Å². The summed E-state index contributed by atoms with van der Waals surface area (Å²) >= 11 is 0. The molecule has 0 aromatic rings. The smallest absolute Gasteiger partial charge is 0.131 e. The molecule has 0 fully saturated rings. The maximum Gasteiger partial charge on any atom is 0.131 e. The highest BCUT2D eigenvalue weighted by Gasteiger charge is 1.96. The van der Waals surface area contributed by atoms with Crippen LogP contribution in [0.25, 0.3) is 0 Å². The largest absolute Gasteiger partial charge is 0.244 e. The third kappa shape index (κ3) is 27.9. The first-order valence-corrected chi connectivity index (χ1v) is 13.8. The van der Waals surface area contributed by atoms with Gasteiger partial charge in [0.1, 0.15) is 6.67 Å². The standard InChI is InChI=1S/C28H56F/c1-2-3-4-5-6-7-8-9-10-11-12-13-14-15-16-17-18-19-20-21-22-23-24-25-26-27-28-29/h28H,2-27H2,1H3. The molecule has 0 N–H and O–H groups in total. The molecule has 1 radical (unpaired) electrons. The van der Waals surface area contributed by atoms with Crippen molar-refractivity contribution in [3.63, 3.8) is 0 Å². The van der Waals surface area contributed by atoms with Crippen molar-refractivity contribution in [2.75, 3.05) is 0 Å². The molecule has 0 amide bonds. The predicted octanol–water partition coefficient (Wildman–Crippen LogP) is 11.3. The highest BCUT2D eigenvalue weighted by molar-refractivity contribution is 4.52. The Hall–Kier alpha value is -0.0700. The van der Waals surface area contributed by atoms with E-state index in [1.54, 1.807) is 0 Å². The molecule has 0 nitrogen and oxygen atoms in total. The van der Waals surface area contributed by atoms with Crippen molar-refractivity contribution in [2.24, 2.45) is 0 Å². The van der Waals surface area contributed by atoms with Gasteiger partial charge < -0.3 is 0 Å². The van der Waals surface area contributed by atoms with Gasteiger partial charge in [0.2, 0.25) is 0 Å². The quantitative estimate of drug-likeness (QED) is 0.124. The van der Waals surface area contributed by atoms with Crippen LogP contribution in [0.4, 0.5) is 4.39 Å². The van der Waals surface area contributed by atoms with E-state index in [0.717, 1.165) is 13.1 Å². The van der Waals surface area contributed by atoms with Crippen molar-refractivity contribution in [1.29, 1.82) is 0 Å². The van der Waals surface area contributed by atoms with Crippen molar-refractivity contribution in [3.05, 3.63) is 6.67 Å². The van der Waals surface area contributed by atoms with E-state index in [4.69, 9.17) is 0 Å². The first kappa shape index (κ1) is 28.9. The number of rotatable bonds is 26. The molecule has 0 saturated carbocycles. The molecule has 0 heterocycles. The molecule has 0 saturated heterocycles. The third-order valence-corrected chi connectivity index (χ3v) is 6.42. The van der Waals surface area contributed by atoms with Crippen LogP contribution in [0.5, 0.6) is 0 Å². The summed E-state index contributed by atoms with van der Waals surface area (Å²) in [6, 6.07) is 0. The van der Waals surface area contributed by atoms with Crippen LogP contribution < -0.4 is 0 Å². The van der Waals surface area contributed by atoms with Crippen LogP contribution in [0.3, 0.4) is 0 Å². The third-order valence-electron chi connectivity index (χ3n) is 6.42. The molecule has 29 heavy (non-hydrogen) atoms. The van der Waals surface area contributed by atoms with Crippen LogP contribution in [-0.2, 0) is 0 Å². The molecule has 0 atom stereocenters. The Balaban J connectivity index is 2.97. The van der Waals surface area contributed by atoms with E-state index in [9.17, 15) is 4.39 Å². The monoisotopic (exact) mass is 411 g/mol. The molecule has 0 spiro atoms. The van der Waals surface area contributed by atoms with Crippen molar-refractivity contribution in [3.8, 4) is 0 Å². The second-order valence-electron chi connectivity index (χ2n) is 9.43. The minimum atomic E-state index is 0.652. The molecular formula is C28H56F. The van der Waals surface area contributed by atoms with Crippen LogP contribution in [0.15, 0.2) is 0 Å². The number of unbranched alkanes of at least 4 members (excludes halogenated alkanes) is 25. The predicted molar refractivity (Wildman–Crippen MR) is 131 cm³/mol. The lowest BCUT2D eigenvalue weighted by Crippen LogP contribution is -1.84. The lowest BCUT2D eigenvalue weighted by atomic mass is 10.0. The molecule has 0 aromatic carbocycles. The van der Waals surface area contributed by atoms with Gasteiger partial charge in [-0.3, -0.25) is 0 Å². The van der Waals surface area contributed by atoms with Crippen molar-refractivity contribution in [1.82, 2.24) is 0 Å². The van der Waals surface area contributed by atoms with Crippen LogP contribution >= 0.6 is 0 Å². The lowest BCUT2D eigenvalue weighted by molar-refractivity contribution is 0.510. The van der Waals surface area contributed by atoms with Crippen molar-refractivity contribution < 1.29 is 4.39 Å². The van der Waals surface area contributed by atoms with Crippen LogP contribution in [0.1, 0.15) is 174 Å². The van der Waals surface area contributed by atoms with E-state index in [-0.39, 0.29) is 0 Å². The van der Waals surface area contributed by atoms with Crippen LogP contribution in [0, 0.1) is 6.67 Å². The summed E-state index contributed by atoms with van der Waals surface area (Å²) in [7, 11) is 0. The summed E-state index contributed by atoms with van der Waals surface area (Å²) in [6.07, 6.45) is 36.1. The summed E-state index contributed by atoms with van der Waals surface area (Å²) in [5.41, 5.74) is 0. The number of hydrogen-bond acceptors (Lipinski definition) is 0. The molecule has 0 bridgehead atoms. The maximum atomic E-state index is 11.8. The molecule has 0 aliphatic carbocycles. The van der Waals surface area contributed by atoms with Gasteiger partial charge in [0.05, 0.1) is 0 Å². The molecule has 0 aliphatic rings. The summed E-state index contributed by atoms with van der Waals surface area (Å²) in [5, 5.41) is 0. The Bertz CT molecular complexity index is 237. The molecular weight excluding hydrogens is 355 g/mol. The molecule has 0 aliphatic heterocycles. The molecule has 0 unspecified atom stereocenters. The topological polar surface area (TPSA) is 0 Å². The van der Waals surface area contributed by atoms with E-state index >= 15 is 0 Å². The van der Waals surface area contributed by atoms with Gasteiger partial charge in [-0.05, 0) is 6.42 Å². The fraction of sp³-hybridized carbons (Fsp3) is 0.964. The summed E-state index contributed by atoms with van der Waals surface area (Å²) in [5.74, 6) is 0. The molecule has 1 heteroatoms. The van der Waals surface area contributed by atoms with Crippen molar-refractivity contribution in [2.45, 2.75) is 174 Å². The van der Waals surface area contributed by atoms with Gasteiger partial charge in [-0.25, -0.2) is 4.39 Å². The molecule has 175 valence electrons. The Kier molecular flexibility index (Phi) is 27.9. The molecule has 0 aromatic heterocycles. The van der Waals surface area contributed by atoms with Gasteiger partial charge in [-0.15, -0.1) is 0 Å². The Morgan fingerprint density at radius 2 is 0.552 bits per heavy atom. The average Bonchev–Trinajstić information content (AvgIpc) is 2.74. The molecule has 0 rings (SSSR count). The Morgan fingerprint density at radius 1 is 0.345 bits per heavy atom. The maximum absolute atomic E-state index is 11.8. The summed E-state index contributed by atoms with van der Waals surface area (Å²) in [4.78, 5) is 0. The Labute approximate surface area is 185 Å². The Morgan fingerprint density at radius 3 is 0.759 bits per heavy atom. The highest BCUT2D eigenvalue weighted by atomic mass is 19.1. The minimum Gasteiger partial charge on any atom is -0.244 e. The number of hydrogen-bond donors (Lipinski definition) is 0. The van der Waals surface area contributed by atoms with Crippen LogP contribution in [-0.4, -0.2) is 0 Å². The van der Waals surface area contributed by atoms with Gasteiger partial charge in [0.15, 0.2) is 0 Å². The van der Waals surface area contributed by atoms with Gasteiger partial charge >= 0.3 is 0 Å². The van der Waals surface area contributed by atoms with E-state index < -0.39 is 0 Å². The van der Waals surface area contributed by atoms with E-state index in [0.29, 0.717) is 6.42 Å². The van der Waals surface area contributed by atoms with Gasteiger partial charge in [0, 0.05) is 0 Å². The first-order valence-electron chi connectivity index (χ1n) is 13.8. The van der Waals surface area contributed by atoms with Gasteiger partial charge in [-0.1, -0.05) is 167 Å². The zero-order chi connectivity index (χ0) is 21.1. The van der Waals surface area contributed by atoms with E-state index in [2.05, 4.69) is 6.92 Å². The van der Waals surface area contributed by atoms with E-state index in [1.165, 1.54) is 154 Å². The fourth-order valence-electron chi connectivity index (χ4n) is 4.36. The minimum absolute atomic E-state index is 0.652. The first-order chi connectivity index (χ1) is 14.4. The second-order valence-corrected chi connectivity index (χ2v) is 9.43. The van der Waals surface area contributed by atoms with E-state index in [1.807, 2.05) is 0 Å². The van der Waals surface area contributed by atoms with Gasteiger partial charge in [0.25, 0.3) is 0 Å². The fourth-order valence-corrected chi connectivity index (χ4v) is 4.36. The normalized spacial score (nSPS) is 11.4. The summed E-state index contributed by atoms with van der Waals surface area (Å²) < 4.78 is 11.8. The van der Waals surface area contributed by atoms with Crippen LogP contribution in [0.2, 0.25) is 0 Å².